The summed E-state index contributed by atoms with van der Waals surface area (Å²) in [5, 5.41) is 5.20. The molecule has 0 saturated carbocycles. The number of ether oxygens (including phenoxy) is 1. The molecule has 1 aliphatic rings. The summed E-state index contributed by atoms with van der Waals surface area (Å²) in [6.07, 6.45) is 3.07. The van der Waals surface area contributed by atoms with Gasteiger partial charge in [-0.05, 0) is 35.4 Å². The number of fused-ring (bicyclic) bond motifs is 1. The van der Waals surface area contributed by atoms with Gasteiger partial charge in [0.15, 0.2) is 17.5 Å². The molecule has 0 spiro atoms. The first-order valence-corrected chi connectivity index (χ1v) is 11.8. The lowest BCUT2D eigenvalue weighted by Crippen LogP contribution is -2.34. The number of rotatable bonds is 7. The van der Waals surface area contributed by atoms with Crippen LogP contribution in [0.2, 0.25) is 0 Å². The van der Waals surface area contributed by atoms with Crippen LogP contribution >= 0.6 is 0 Å². The van der Waals surface area contributed by atoms with E-state index in [9.17, 15) is 27.6 Å². The Morgan fingerprint density at radius 1 is 1.00 bits per heavy atom. The van der Waals surface area contributed by atoms with Crippen molar-refractivity contribution < 1.29 is 27.5 Å². The molecule has 0 atom stereocenters. The zero-order valence-electron chi connectivity index (χ0n) is 20.5. The van der Waals surface area contributed by atoms with E-state index in [0.29, 0.717) is 11.6 Å². The molecule has 2 N–H and O–H groups in total. The average molecular weight is 537 g/mol. The lowest BCUT2D eigenvalue weighted by atomic mass is 10.2. The number of carbonyl (C=O) groups is 2. The number of nitrogens with zero attached hydrogens (tertiary/aromatic N) is 2. The summed E-state index contributed by atoms with van der Waals surface area (Å²) >= 11 is 0. The number of carbonyl (C=O) groups excluding carboxylic acids is 2. The van der Waals surface area contributed by atoms with E-state index in [2.05, 4.69) is 15.6 Å². The number of amides is 2. The normalized spacial score (nSPS) is 11.6. The Balaban J connectivity index is 0.000000519. The lowest BCUT2D eigenvalue weighted by molar-refractivity contribution is -0.115. The van der Waals surface area contributed by atoms with Crippen molar-refractivity contribution in [1.29, 1.82) is 0 Å². The van der Waals surface area contributed by atoms with Gasteiger partial charge in [0.1, 0.15) is 12.2 Å². The van der Waals surface area contributed by atoms with Gasteiger partial charge in [-0.15, -0.1) is 0 Å². The van der Waals surface area contributed by atoms with Crippen LogP contribution in [0.25, 0.3) is 0 Å². The maximum atomic E-state index is 13.4. The van der Waals surface area contributed by atoms with Crippen LogP contribution in [-0.2, 0) is 17.8 Å². The average Bonchev–Trinajstić information content (AvgIpc) is 3.31. The van der Waals surface area contributed by atoms with Crippen molar-refractivity contribution in [3.05, 3.63) is 124 Å². The van der Waals surface area contributed by atoms with Gasteiger partial charge in [-0.1, -0.05) is 36.4 Å². The highest BCUT2D eigenvalue weighted by molar-refractivity contribution is 5.98. The number of hydrogen-bond acceptors (Lipinski definition) is 5. The molecule has 0 radical (unpaired) electrons. The Hall–Kier alpha value is -4.93. The highest BCUT2D eigenvalue weighted by Gasteiger charge is 2.19. The van der Waals surface area contributed by atoms with E-state index in [-0.39, 0.29) is 43.2 Å². The fraction of sp³-hybridized carbons (Fsp3) is 0.143. The van der Waals surface area contributed by atoms with Crippen LogP contribution in [0.3, 0.4) is 0 Å². The highest BCUT2D eigenvalue weighted by atomic mass is 19.2. The summed E-state index contributed by atoms with van der Waals surface area (Å²) in [6, 6.07) is 18.0. The van der Waals surface area contributed by atoms with Crippen molar-refractivity contribution in [2.24, 2.45) is 0 Å². The van der Waals surface area contributed by atoms with E-state index in [1.54, 1.807) is 6.07 Å². The van der Waals surface area contributed by atoms with E-state index in [1.165, 1.54) is 24.5 Å². The molecular formula is C28H23F3N4O4. The van der Waals surface area contributed by atoms with Crippen LogP contribution < -0.4 is 20.9 Å². The number of halogens is 3. The lowest BCUT2D eigenvalue weighted by Gasteiger charge is -2.10. The Kier molecular flexibility index (Phi) is 8.72. The van der Waals surface area contributed by atoms with Crippen LogP contribution in [0.1, 0.15) is 21.5 Å². The van der Waals surface area contributed by atoms with Crippen LogP contribution in [0.5, 0.6) is 5.88 Å². The van der Waals surface area contributed by atoms with Crippen LogP contribution in [-0.4, -0.2) is 34.5 Å². The third-order valence-electron chi connectivity index (χ3n) is 5.56. The van der Waals surface area contributed by atoms with Gasteiger partial charge in [-0.3, -0.25) is 14.4 Å². The molecule has 0 bridgehead atoms. The summed E-state index contributed by atoms with van der Waals surface area (Å²) in [4.78, 5) is 40.5. The molecule has 4 aromatic rings. The fourth-order valence-electron chi connectivity index (χ4n) is 3.71. The summed E-state index contributed by atoms with van der Waals surface area (Å²) in [5.41, 5.74) is 0.560. The van der Waals surface area contributed by atoms with Crippen molar-refractivity contribution in [2.45, 2.75) is 13.0 Å². The Morgan fingerprint density at radius 2 is 1.67 bits per heavy atom. The Bertz CT molecular complexity index is 1490. The molecule has 8 nitrogen and oxygen atoms in total. The summed E-state index contributed by atoms with van der Waals surface area (Å²) in [5.74, 6) is -4.83. The SMILES string of the molecule is O=C1Cc2cc(OCCNC(=O)c3cccn(Cc4cc(F)c(F)c(F)c4)c3=O)ncc2N1.c1ccccc1. The summed E-state index contributed by atoms with van der Waals surface area (Å²) in [6.45, 7) is -0.121. The van der Waals surface area contributed by atoms with Gasteiger partial charge in [0.2, 0.25) is 11.8 Å². The molecule has 2 aromatic heterocycles. The second kappa shape index (κ2) is 12.5. The minimum atomic E-state index is -1.60. The quantitative estimate of drug-likeness (QED) is 0.277. The van der Waals surface area contributed by atoms with Crippen molar-refractivity contribution in [2.75, 3.05) is 18.5 Å². The smallest absolute Gasteiger partial charge is 0.263 e. The fourth-order valence-corrected chi connectivity index (χ4v) is 3.71. The van der Waals surface area contributed by atoms with Crippen molar-refractivity contribution >= 4 is 17.5 Å². The maximum Gasteiger partial charge on any atom is 0.263 e. The standard InChI is InChI=1S/C22H17F3N4O4.C6H6/c23-15-6-12(7-16(24)20(15)25)11-29-4-1-2-14(22(29)32)21(31)26-3-5-33-19-9-13-8-18(30)28-17(13)10-27-19;1-2-4-6-5-3-1/h1-2,4,6-7,9-10H,3,5,8,11H2,(H,26,31)(H,28,30);1-6H. The molecule has 0 saturated heterocycles. The second-order valence-electron chi connectivity index (χ2n) is 8.39. The number of benzene rings is 2. The van der Waals surface area contributed by atoms with E-state index in [1.807, 2.05) is 36.4 Å². The Labute approximate surface area is 221 Å². The van der Waals surface area contributed by atoms with Gasteiger partial charge in [-0.25, -0.2) is 18.2 Å². The molecule has 0 fully saturated rings. The molecule has 2 amide bonds. The third kappa shape index (κ3) is 7.10. The molecule has 11 heteroatoms. The number of pyridine rings is 2. The number of nitrogens with one attached hydrogen (secondary N) is 2. The molecule has 0 aliphatic carbocycles. The first-order chi connectivity index (χ1) is 18.8. The predicted molar refractivity (Wildman–Crippen MR) is 137 cm³/mol. The molecule has 1 aliphatic heterocycles. The molecule has 2 aromatic carbocycles. The van der Waals surface area contributed by atoms with Crippen molar-refractivity contribution in [3.63, 3.8) is 0 Å². The Morgan fingerprint density at radius 3 is 2.33 bits per heavy atom. The van der Waals surface area contributed by atoms with E-state index >= 15 is 0 Å². The van der Waals surface area contributed by atoms with Crippen molar-refractivity contribution in [1.82, 2.24) is 14.9 Å². The third-order valence-corrected chi connectivity index (χ3v) is 5.56. The number of anilines is 1. The first-order valence-electron chi connectivity index (χ1n) is 11.8. The van der Waals surface area contributed by atoms with Gasteiger partial charge in [0.25, 0.3) is 11.5 Å². The van der Waals surface area contributed by atoms with E-state index in [4.69, 9.17) is 4.74 Å². The topological polar surface area (TPSA) is 102 Å². The van der Waals surface area contributed by atoms with Gasteiger partial charge in [-0.2, -0.15) is 0 Å². The summed E-state index contributed by atoms with van der Waals surface area (Å²) < 4.78 is 46.5. The number of hydrogen-bond donors (Lipinski definition) is 2. The summed E-state index contributed by atoms with van der Waals surface area (Å²) in [7, 11) is 0. The molecule has 5 rings (SSSR count). The molecule has 39 heavy (non-hydrogen) atoms. The van der Waals surface area contributed by atoms with Gasteiger partial charge >= 0.3 is 0 Å². The second-order valence-corrected chi connectivity index (χ2v) is 8.39. The van der Waals surface area contributed by atoms with Gasteiger partial charge in [0.05, 0.1) is 31.4 Å². The predicted octanol–water partition coefficient (Wildman–Crippen LogP) is 3.70. The minimum Gasteiger partial charge on any atom is -0.476 e. The van der Waals surface area contributed by atoms with E-state index in [0.717, 1.165) is 22.3 Å². The van der Waals surface area contributed by atoms with Crippen LogP contribution in [0.4, 0.5) is 18.9 Å². The zero-order valence-corrected chi connectivity index (χ0v) is 20.5. The van der Waals surface area contributed by atoms with Gasteiger partial charge < -0.3 is 19.9 Å². The monoisotopic (exact) mass is 536 g/mol. The van der Waals surface area contributed by atoms with E-state index < -0.39 is 28.9 Å². The number of aromatic nitrogens is 2. The van der Waals surface area contributed by atoms with Gasteiger partial charge in [0, 0.05) is 12.3 Å². The molecule has 0 unspecified atom stereocenters. The van der Waals surface area contributed by atoms with Crippen molar-refractivity contribution in [3.8, 4) is 5.88 Å². The highest BCUT2D eigenvalue weighted by Crippen LogP contribution is 2.24. The van der Waals surface area contributed by atoms with Crippen LogP contribution in [0, 0.1) is 17.5 Å². The minimum absolute atomic E-state index is 0.0261. The molecule has 3 heterocycles. The van der Waals surface area contributed by atoms with Crippen LogP contribution in [0.15, 0.2) is 83.9 Å². The zero-order chi connectivity index (χ0) is 27.8. The molecular weight excluding hydrogens is 513 g/mol. The maximum absolute atomic E-state index is 13.4. The first kappa shape index (κ1) is 27.1. The largest absolute Gasteiger partial charge is 0.476 e. The molecule has 200 valence electrons.